The molecule has 2 saturated heterocycles. The van der Waals surface area contributed by atoms with E-state index in [1.165, 1.54) is 24.3 Å². The van der Waals surface area contributed by atoms with E-state index in [0.717, 1.165) is 21.4 Å². The second-order valence-corrected chi connectivity index (χ2v) is 9.80. The lowest BCUT2D eigenvalue weighted by Crippen LogP contribution is -2.53. The molecule has 0 saturated carbocycles. The second kappa shape index (κ2) is 7.50. The molecule has 9 heteroatoms. The molecule has 8 nitrogen and oxygen atoms in total. The summed E-state index contributed by atoms with van der Waals surface area (Å²) >= 11 is 0. The lowest BCUT2D eigenvalue weighted by Gasteiger charge is -2.29. The number of phenols is 1. The number of rotatable bonds is 3. The maximum Gasteiger partial charge on any atom is 0.250 e. The molecular formula is C28H21FN4O4. The molecule has 4 atom stereocenters. The highest BCUT2D eigenvalue weighted by Gasteiger charge is 2.70. The first-order valence-electron chi connectivity index (χ1n) is 12.0. The van der Waals surface area contributed by atoms with Crippen molar-refractivity contribution in [1.29, 1.82) is 0 Å². The normalized spacial score (nSPS) is 26.2. The van der Waals surface area contributed by atoms with Crippen LogP contribution in [0.5, 0.6) is 5.75 Å². The van der Waals surface area contributed by atoms with Gasteiger partial charge >= 0.3 is 0 Å². The van der Waals surface area contributed by atoms with Crippen LogP contribution in [0.4, 0.5) is 15.8 Å². The van der Waals surface area contributed by atoms with Crippen LogP contribution in [-0.2, 0) is 26.3 Å². The van der Waals surface area contributed by atoms with Crippen molar-refractivity contribution in [2.24, 2.45) is 11.8 Å². The summed E-state index contributed by atoms with van der Waals surface area (Å²) in [5.74, 6) is -3.51. The number of aromatic nitrogens is 1. The van der Waals surface area contributed by atoms with Gasteiger partial charge in [0.15, 0.2) is 0 Å². The number of phenolic OH excluding ortho intramolecular Hbond substituents is 1. The van der Waals surface area contributed by atoms with E-state index in [0.29, 0.717) is 17.7 Å². The zero-order chi connectivity index (χ0) is 25.5. The Morgan fingerprint density at radius 2 is 1.76 bits per heavy atom. The molecule has 3 aliphatic heterocycles. The predicted octanol–water partition coefficient (Wildman–Crippen LogP) is 3.18. The molecule has 7 rings (SSSR count). The van der Waals surface area contributed by atoms with E-state index in [-0.39, 0.29) is 17.3 Å². The van der Waals surface area contributed by atoms with Gasteiger partial charge < -0.3 is 15.4 Å². The highest BCUT2D eigenvalue weighted by Crippen LogP contribution is 2.54. The van der Waals surface area contributed by atoms with Gasteiger partial charge in [-0.15, -0.1) is 0 Å². The summed E-state index contributed by atoms with van der Waals surface area (Å²) in [6.07, 6.45) is 2.14. The van der Waals surface area contributed by atoms with Crippen molar-refractivity contribution < 1.29 is 23.9 Å². The number of aromatic hydroxyl groups is 1. The summed E-state index contributed by atoms with van der Waals surface area (Å²) in [5, 5.41) is 17.1. The number of benzene rings is 3. The van der Waals surface area contributed by atoms with Crippen molar-refractivity contribution in [1.82, 2.24) is 10.3 Å². The van der Waals surface area contributed by atoms with Crippen LogP contribution in [0.15, 0.2) is 72.9 Å². The van der Waals surface area contributed by atoms with E-state index in [1.807, 2.05) is 6.20 Å². The van der Waals surface area contributed by atoms with Crippen molar-refractivity contribution in [3.63, 3.8) is 0 Å². The number of fused-ring (bicyclic) bond motifs is 5. The van der Waals surface area contributed by atoms with E-state index in [2.05, 4.69) is 15.6 Å². The lowest BCUT2D eigenvalue weighted by atomic mass is 9.76. The Balaban J connectivity index is 1.37. The molecular weight excluding hydrogens is 475 g/mol. The van der Waals surface area contributed by atoms with Crippen LogP contribution >= 0.6 is 0 Å². The van der Waals surface area contributed by atoms with Crippen LogP contribution < -0.4 is 15.5 Å². The predicted molar refractivity (Wildman–Crippen MR) is 133 cm³/mol. The number of nitrogens with one attached hydrogen (secondary N) is 3. The monoisotopic (exact) mass is 496 g/mol. The number of carbonyl (C=O) groups excluding carboxylic acids is 3. The number of imide groups is 1. The van der Waals surface area contributed by atoms with Crippen molar-refractivity contribution >= 4 is 40.0 Å². The summed E-state index contributed by atoms with van der Waals surface area (Å²) < 4.78 is 13.6. The Bertz CT molecular complexity index is 1630. The summed E-state index contributed by atoms with van der Waals surface area (Å²) in [6.45, 7) is 0. The van der Waals surface area contributed by atoms with E-state index < -0.39 is 41.0 Å². The number of halogens is 1. The standard InChI is InChI=1S/C28H21FN4O4/c29-15-5-7-16(8-6-15)33-25(35)23-22(11-14-13-30-20-10-9-17(34)12-18(14)20)32-28(24(23)26(33)36)19-3-1-2-4-21(19)31-27(28)37/h1-10,12-13,22-24,30,32,34H,11H2,(H,31,37)/t22-,23-,24+,28+/m0/s1. The van der Waals surface area contributed by atoms with Gasteiger partial charge in [-0.05, 0) is 60.5 Å². The Hall–Kier alpha value is -4.50. The van der Waals surface area contributed by atoms with Gasteiger partial charge in [-0.2, -0.15) is 0 Å². The Morgan fingerprint density at radius 3 is 2.57 bits per heavy atom. The van der Waals surface area contributed by atoms with Crippen LogP contribution in [-0.4, -0.2) is 33.9 Å². The van der Waals surface area contributed by atoms with Crippen LogP contribution in [0.25, 0.3) is 10.9 Å². The first kappa shape index (κ1) is 21.8. The number of H-pyrrole nitrogens is 1. The SMILES string of the molecule is O=C1[C@H]2[C@H](Cc3c[nH]c4ccc(O)cc34)N[C@@]3(C(=O)Nc4ccccc43)[C@H]2C(=O)N1c1ccc(F)cc1. The van der Waals surface area contributed by atoms with Gasteiger partial charge in [-0.3, -0.25) is 19.7 Å². The van der Waals surface area contributed by atoms with Gasteiger partial charge in [-0.1, -0.05) is 18.2 Å². The maximum atomic E-state index is 14.0. The molecule has 2 fully saturated rings. The quantitative estimate of drug-likeness (QED) is 0.326. The third-order valence-electron chi connectivity index (χ3n) is 7.90. The third kappa shape index (κ3) is 2.88. The Morgan fingerprint density at radius 1 is 0.973 bits per heavy atom. The molecule has 0 bridgehead atoms. The van der Waals surface area contributed by atoms with Gasteiger partial charge in [-0.25, -0.2) is 9.29 Å². The molecule has 0 unspecified atom stereocenters. The Labute approximate surface area is 210 Å². The molecule has 4 aromatic rings. The number of carbonyl (C=O) groups is 3. The molecule has 0 radical (unpaired) electrons. The molecule has 3 aliphatic rings. The van der Waals surface area contributed by atoms with Crippen LogP contribution in [0.3, 0.4) is 0 Å². The largest absolute Gasteiger partial charge is 0.508 e. The molecule has 4 N–H and O–H groups in total. The average Bonchev–Trinajstić information content (AvgIpc) is 3.59. The van der Waals surface area contributed by atoms with Crippen LogP contribution in [0.2, 0.25) is 0 Å². The molecule has 1 spiro atoms. The lowest BCUT2D eigenvalue weighted by molar-refractivity contribution is -0.130. The zero-order valence-corrected chi connectivity index (χ0v) is 19.4. The molecule has 4 heterocycles. The minimum Gasteiger partial charge on any atom is -0.508 e. The first-order valence-corrected chi connectivity index (χ1v) is 12.0. The molecule has 0 aliphatic carbocycles. The van der Waals surface area contributed by atoms with Gasteiger partial charge in [0, 0.05) is 34.4 Å². The second-order valence-electron chi connectivity index (χ2n) is 9.80. The van der Waals surface area contributed by atoms with Gasteiger partial charge in [0.25, 0.3) is 0 Å². The van der Waals surface area contributed by atoms with E-state index in [1.54, 1.807) is 42.5 Å². The number of aromatic amines is 1. The maximum absolute atomic E-state index is 14.0. The zero-order valence-electron chi connectivity index (χ0n) is 19.4. The van der Waals surface area contributed by atoms with Crippen molar-refractivity contribution in [2.75, 3.05) is 10.2 Å². The highest BCUT2D eigenvalue weighted by molar-refractivity contribution is 6.25. The fraction of sp³-hybridized carbons (Fsp3) is 0.179. The number of nitrogens with zero attached hydrogens (tertiary/aromatic N) is 1. The molecule has 3 amide bonds. The summed E-state index contributed by atoms with van der Waals surface area (Å²) in [4.78, 5) is 45.7. The summed E-state index contributed by atoms with van der Waals surface area (Å²) in [6, 6.07) is 16.8. The number of para-hydroxylation sites is 1. The molecule has 37 heavy (non-hydrogen) atoms. The van der Waals surface area contributed by atoms with Gasteiger partial charge in [0.05, 0.1) is 17.5 Å². The number of anilines is 2. The fourth-order valence-electron chi connectivity index (χ4n) is 6.35. The van der Waals surface area contributed by atoms with Crippen LogP contribution in [0, 0.1) is 17.7 Å². The third-order valence-corrected chi connectivity index (χ3v) is 7.90. The van der Waals surface area contributed by atoms with Gasteiger partial charge in [0.1, 0.15) is 17.1 Å². The first-order chi connectivity index (χ1) is 17.9. The van der Waals surface area contributed by atoms with Crippen molar-refractivity contribution in [2.45, 2.75) is 18.0 Å². The smallest absolute Gasteiger partial charge is 0.250 e. The number of hydrogen-bond donors (Lipinski definition) is 4. The topological polar surface area (TPSA) is 115 Å². The minimum absolute atomic E-state index is 0.112. The average molecular weight is 496 g/mol. The summed E-state index contributed by atoms with van der Waals surface area (Å²) in [7, 11) is 0. The van der Waals surface area contributed by atoms with Crippen LogP contribution in [0.1, 0.15) is 11.1 Å². The van der Waals surface area contributed by atoms with E-state index in [4.69, 9.17) is 0 Å². The molecule has 184 valence electrons. The highest BCUT2D eigenvalue weighted by atomic mass is 19.1. The summed E-state index contributed by atoms with van der Waals surface area (Å²) in [5.41, 5.74) is 1.72. The van der Waals surface area contributed by atoms with Crippen molar-refractivity contribution in [3.05, 3.63) is 89.9 Å². The minimum atomic E-state index is -1.43. The van der Waals surface area contributed by atoms with E-state index >= 15 is 0 Å². The number of hydrogen-bond acceptors (Lipinski definition) is 5. The van der Waals surface area contributed by atoms with E-state index in [9.17, 15) is 23.9 Å². The molecule has 1 aromatic heterocycles. The fourth-order valence-corrected chi connectivity index (χ4v) is 6.35. The van der Waals surface area contributed by atoms with Crippen molar-refractivity contribution in [3.8, 4) is 5.75 Å². The number of amides is 3. The Kier molecular flexibility index (Phi) is 4.41. The molecule has 3 aromatic carbocycles. The van der Waals surface area contributed by atoms with Gasteiger partial charge in [0.2, 0.25) is 17.7 Å².